The number of rotatable bonds is 3. The first-order valence-corrected chi connectivity index (χ1v) is 7.05. The molecule has 2 aliphatic rings. The van der Waals surface area contributed by atoms with E-state index >= 15 is 0 Å². The van der Waals surface area contributed by atoms with E-state index in [9.17, 15) is 9.59 Å². The van der Waals surface area contributed by atoms with E-state index in [0.717, 1.165) is 31.6 Å². The van der Waals surface area contributed by atoms with Crippen LogP contribution < -0.4 is 4.90 Å². The number of carbonyl (C=O) groups excluding carboxylic acids is 2. The largest absolute Gasteiger partial charge is 0.334 e. The first-order chi connectivity index (χ1) is 9.79. The van der Waals surface area contributed by atoms with Gasteiger partial charge in [-0.25, -0.2) is 4.79 Å². The Labute approximate surface area is 118 Å². The number of benzene rings is 1. The van der Waals surface area contributed by atoms with Gasteiger partial charge in [0.25, 0.3) is 0 Å². The van der Waals surface area contributed by atoms with Crippen molar-refractivity contribution in [1.82, 2.24) is 9.80 Å². The molecule has 0 atom stereocenters. The van der Waals surface area contributed by atoms with E-state index in [4.69, 9.17) is 0 Å². The highest BCUT2D eigenvalue weighted by atomic mass is 16.2. The van der Waals surface area contributed by atoms with Gasteiger partial charge < -0.3 is 9.80 Å². The van der Waals surface area contributed by atoms with Gasteiger partial charge in [-0.15, -0.1) is 0 Å². The number of carbonyl (C=O) groups is 1. The zero-order valence-corrected chi connectivity index (χ0v) is 11.4. The van der Waals surface area contributed by atoms with Crippen LogP contribution in [0, 0.1) is 0 Å². The average molecular weight is 272 g/mol. The Morgan fingerprint density at radius 2 is 1.70 bits per heavy atom. The van der Waals surface area contributed by atoms with Crippen LogP contribution in [-0.2, 0) is 4.79 Å². The van der Waals surface area contributed by atoms with Crippen LogP contribution >= 0.6 is 0 Å². The van der Waals surface area contributed by atoms with E-state index in [1.807, 2.05) is 46.5 Å². The van der Waals surface area contributed by atoms with Crippen LogP contribution in [0.1, 0.15) is 12.8 Å². The highest BCUT2D eigenvalue weighted by Gasteiger charge is 2.35. The lowest BCUT2D eigenvalue weighted by Crippen LogP contribution is -2.46. The quantitative estimate of drug-likeness (QED) is 0.836. The van der Waals surface area contributed by atoms with Crippen molar-refractivity contribution in [2.24, 2.45) is 0 Å². The molecule has 2 aliphatic heterocycles. The Bertz CT molecular complexity index is 483. The number of amides is 3. The lowest BCUT2D eigenvalue weighted by Gasteiger charge is -2.34. The van der Waals surface area contributed by atoms with Gasteiger partial charge in [0.15, 0.2) is 0 Å². The van der Waals surface area contributed by atoms with Gasteiger partial charge in [0.05, 0.1) is 0 Å². The molecule has 3 rings (SSSR count). The van der Waals surface area contributed by atoms with Crippen LogP contribution in [0.4, 0.5) is 10.5 Å². The lowest BCUT2D eigenvalue weighted by molar-refractivity contribution is 0.164. The van der Waals surface area contributed by atoms with Crippen LogP contribution in [0.15, 0.2) is 30.3 Å². The fraction of sp³-hybridized carbons (Fsp3) is 0.467. The van der Waals surface area contributed by atoms with E-state index < -0.39 is 0 Å². The zero-order chi connectivity index (χ0) is 13.9. The maximum absolute atomic E-state index is 12.5. The third-order valence-corrected chi connectivity index (χ3v) is 4.14. The van der Waals surface area contributed by atoms with E-state index in [2.05, 4.69) is 0 Å². The molecule has 0 spiro atoms. The van der Waals surface area contributed by atoms with Gasteiger partial charge >= 0.3 is 12.4 Å². The van der Waals surface area contributed by atoms with E-state index in [0.29, 0.717) is 13.1 Å². The molecule has 0 aliphatic carbocycles. The van der Waals surface area contributed by atoms with Crippen LogP contribution in [0.3, 0.4) is 0 Å². The molecule has 1 aromatic carbocycles. The van der Waals surface area contributed by atoms with E-state index in [1.54, 1.807) is 4.90 Å². The van der Waals surface area contributed by atoms with Crippen LogP contribution in [-0.4, -0.2) is 54.5 Å². The predicted octanol–water partition coefficient (Wildman–Crippen LogP) is 1.46. The maximum Gasteiger partial charge on any atom is 0.324 e. The van der Waals surface area contributed by atoms with Crippen molar-refractivity contribution in [2.75, 3.05) is 31.1 Å². The topological polar surface area (TPSA) is 43.9 Å². The molecule has 5 heteroatoms. The smallest absolute Gasteiger partial charge is 0.324 e. The van der Waals surface area contributed by atoms with Crippen LogP contribution in [0.25, 0.3) is 0 Å². The summed E-state index contributed by atoms with van der Waals surface area (Å²) >= 11 is 0. The number of hydrogen-bond acceptors (Lipinski definition) is 2. The van der Waals surface area contributed by atoms with Gasteiger partial charge in [-0.2, -0.15) is 0 Å². The summed E-state index contributed by atoms with van der Waals surface area (Å²) in [6, 6.07) is 10.1. The second-order valence-electron chi connectivity index (χ2n) is 5.27. The number of piperidine rings is 1. The van der Waals surface area contributed by atoms with E-state index in [-0.39, 0.29) is 12.1 Å². The highest BCUT2D eigenvalue weighted by molar-refractivity contribution is 5.94. The summed E-state index contributed by atoms with van der Waals surface area (Å²) in [4.78, 5) is 28.6. The maximum atomic E-state index is 12.5. The van der Waals surface area contributed by atoms with Crippen molar-refractivity contribution >= 4 is 18.1 Å². The highest BCUT2D eigenvalue weighted by Crippen LogP contribution is 2.24. The molecule has 0 aromatic heterocycles. The Hall–Kier alpha value is -2.04. The zero-order valence-electron chi connectivity index (χ0n) is 11.4. The van der Waals surface area contributed by atoms with E-state index in [1.165, 1.54) is 0 Å². The molecule has 1 radical (unpaired) electrons. The molecule has 0 N–H and O–H groups in total. The van der Waals surface area contributed by atoms with Gasteiger partial charge in [0.2, 0.25) is 0 Å². The summed E-state index contributed by atoms with van der Waals surface area (Å²) < 4.78 is 0. The van der Waals surface area contributed by atoms with Crippen LogP contribution in [0.2, 0.25) is 0 Å². The first-order valence-electron chi connectivity index (χ1n) is 7.05. The van der Waals surface area contributed by atoms with Crippen LogP contribution in [0.5, 0.6) is 0 Å². The normalized spacial score (nSPS) is 20.6. The molecule has 1 aromatic rings. The van der Waals surface area contributed by atoms with Gasteiger partial charge in [-0.05, 0) is 25.0 Å². The molecule has 3 amide bonds. The van der Waals surface area contributed by atoms with Gasteiger partial charge in [0.1, 0.15) is 0 Å². The minimum atomic E-state index is 0.0877. The summed E-state index contributed by atoms with van der Waals surface area (Å²) in [6.45, 7) is 2.90. The van der Waals surface area contributed by atoms with Crippen molar-refractivity contribution in [2.45, 2.75) is 18.9 Å². The van der Waals surface area contributed by atoms with Crippen molar-refractivity contribution in [3.05, 3.63) is 30.3 Å². The minimum Gasteiger partial charge on any atom is -0.334 e. The van der Waals surface area contributed by atoms with Gasteiger partial charge in [0, 0.05) is 37.9 Å². The Kier molecular flexibility index (Phi) is 3.58. The minimum absolute atomic E-state index is 0.0877. The summed E-state index contributed by atoms with van der Waals surface area (Å²) in [6.07, 6.45) is 3.63. The molecular formula is C15H18N3O2. The second-order valence-corrected chi connectivity index (χ2v) is 5.27. The average Bonchev–Trinajstić information content (AvgIpc) is 2.90. The summed E-state index contributed by atoms with van der Waals surface area (Å²) in [7, 11) is 0. The molecule has 105 valence electrons. The third kappa shape index (κ3) is 2.35. The fourth-order valence-electron chi connectivity index (χ4n) is 3.01. The first kappa shape index (κ1) is 13.0. The predicted molar refractivity (Wildman–Crippen MR) is 76.2 cm³/mol. The van der Waals surface area contributed by atoms with Gasteiger partial charge in [-0.1, -0.05) is 18.2 Å². The molecule has 2 fully saturated rings. The number of hydrogen-bond donors (Lipinski definition) is 0. The molecule has 0 unspecified atom stereocenters. The lowest BCUT2D eigenvalue weighted by atomic mass is 10.0. The summed E-state index contributed by atoms with van der Waals surface area (Å²) in [5.74, 6) is 0. The fourth-order valence-corrected chi connectivity index (χ4v) is 3.01. The molecule has 2 saturated heterocycles. The van der Waals surface area contributed by atoms with Gasteiger partial charge in [-0.3, -0.25) is 9.69 Å². The van der Waals surface area contributed by atoms with Crippen molar-refractivity contribution < 1.29 is 9.59 Å². The van der Waals surface area contributed by atoms with Crippen molar-refractivity contribution in [3.63, 3.8) is 0 Å². The number of urea groups is 1. The van der Waals surface area contributed by atoms with Crippen molar-refractivity contribution in [3.8, 4) is 0 Å². The Morgan fingerprint density at radius 3 is 2.35 bits per heavy atom. The number of anilines is 1. The number of likely N-dealkylation sites (tertiary alicyclic amines) is 1. The number of nitrogens with zero attached hydrogens (tertiary/aromatic N) is 3. The van der Waals surface area contributed by atoms with Crippen molar-refractivity contribution in [1.29, 1.82) is 0 Å². The molecule has 0 saturated carbocycles. The molecule has 0 bridgehead atoms. The Balaban J connectivity index is 1.66. The molecule has 5 nitrogen and oxygen atoms in total. The second kappa shape index (κ2) is 5.53. The SMILES string of the molecule is O=[C]N1CCC(N2CCN(c3ccccc3)C2=O)CC1. The third-order valence-electron chi connectivity index (χ3n) is 4.14. The number of para-hydroxylation sites is 1. The molecule has 2 heterocycles. The monoisotopic (exact) mass is 272 g/mol. The Morgan fingerprint density at radius 1 is 1.00 bits per heavy atom. The standard InChI is InChI=1S/C15H18N3O2/c19-12-16-8-6-14(7-9-16)18-11-10-17(15(18)20)13-4-2-1-3-5-13/h1-5,14H,6-11H2. The summed E-state index contributed by atoms with van der Waals surface area (Å²) in [5, 5.41) is 0. The molecule has 20 heavy (non-hydrogen) atoms. The molecular weight excluding hydrogens is 254 g/mol. The summed E-state index contributed by atoms with van der Waals surface area (Å²) in [5.41, 5.74) is 0.957.